The van der Waals surface area contributed by atoms with Crippen LogP contribution in [0, 0.1) is 5.92 Å². The van der Waals surface area contributed by atoms with Crippen LogP contribution in [0.1, 0.15) is 40.5 Å². The third-order valence-corrected chi connectivity index (χ3v) is 2.42. The van der Waals surface area contributed by atoms with Crippen LogP contribution in [0.3, 0.4) is 0 Å². The van der Waals surface area contributed by atoms with Crippen molar-refractivity contribution in [3.05, 3.63) is 34.9 Å². The standard InChI is InChI=1S/C8H12O.2C4H10N.Ti/c9-7-3-6-8-4-1-2-5-8;2*1-3-5-4-2;/h1-2,4-5,8-9H,3,6-7H2;2*3-4H2,1-2H3;/q;2*-1;+2. The smallest absolute Gasteiger partial charge is 0.663 e. The van der Waals surface area contributed by atoms with Crippen molar-refractivity contribution in [3.63, 3.8) is 0 Å². The minimum absolute atomic E-state index is 0. The Balaban J connectivity index is -0.000000230. The fourth-order valence-corrected chi connectivity index (χ4v) is 1.44. The van der Waals surface area contributed by atoms with Crippen molar-refractivity contribution in [1.82, 2.24) is 0 Å². The summed E-state index contributed by atoms with van der Waals surface area (Å²) in [5.74, 6) is 0.595. The molecule has 0 radical (unpaired) electrons. The number of rotatable bonds is 7. The monoisotopic (exact) mass is 316 g/mol. The summed E-state index contributed by atoms with van der Waals surface area (Å²) in [4.78, 5) is 0. The van der Waals surface area contributed by atoms with Crippen LogP contribution in [0.15, 0.2) is 24.3 Å². The van der Waals surface area contributed by atoms with Gasteiger partial charge in [-0.3, -0.25) is 0 Å². The van der Waals surface area contributed by atoms with Crippen molar-refractivity contribution >= 4 is 0 Å². The second-order valence-corrected chi connectivity index (χ2v) is 4.01. The zero-order valence-electron chi connectivity index (χ0n) is 13.7. The molecule has 4 heteroatoms. The van der Waals surface area contributed by atoms with Crippen LogP contribution in [-0.4, -0.2) is 37.9 Å². The van der Waals surface area contributed by atoms with Crippen molar-refractivity contribution < 1.29 is 26.8 Å². The molecule has 0 bridgehead atoms. The topological polar surface area (TPSA) is 48.4 Å². The molecule has 0 amide bonds. The van der Waals surface area contributed by atoms with Crippen LogP contribution in [-0.2, 0) is 21.7 Å². The van der Waals surface area contributed by atoms with Gasteiger partial charge >= 0.3 is 21.7 Å². The molecule has 0 atom stereocenters. The summed E-state index contributed by atoms with van der Waals surface area (Å²) in [6.07, 6.45) is 10.4. The largest absolute Gasteiger partial charge is 2.00 e. The predicted octanol–water partition coefficient (Wildman–Crippen LogP) is 4.30. The summed E-state index contributed by atoms with van der Waals surface area (Å²) in [6.45, 7) is 12.4. The zero-order chi connectivity index (χ0) is 14.8. The average molecular weight is 316 g/mol. The zero-order valence-corrected chi connectivity index (χ0v) is 15.2. The number of hydrogen-bond acceptors (Lipinski definition) is 1. The van der Waals surface area contributed by atoms with Gasteiger partial charge in [-0.2, -0.15) is 26.2 Å². The van der Waals surface area contributed by atoms with Crippen molar-refractivity contribution in [2.45, 2.75) is 40.5 Å². The number of allylic oxidation sites excluding steroid dienone is 4. The Morgan fingerprint density at radius 2 is 1.25 bits per heavy atom. The molecule has 1 aliphatic rings. The van der Waals surface area contributed by atoms with Gasteiger partial charge in [-0.15, -0.1) is 0 Å². The first kappa shape index (κ1) is 25.1. The van der Waals surface area contributed by atoms with Crippen LogP contribution in [0.4, 0.5) is 0 Å². The van der Waals surface area contributed by atoms with Gasteiger partial charge in [0.15, 0.2) is 0 Å². The summed E-state index contributed by atoms with van der Waals surface area (Å²) in [5, 5.41) is 16.4. The third kappa shape index (κ3) is 23.2. The molecule has 3 nitrogen and oxygen atoms in total. The van der Waals surface area contributed by atoms with Crippen LogP contribution in [0.2, 0.25) is 0 Å². The Morgan fingerprint density at radius 1 is 0.850 bits per heavy atom. The van der Waals surface area contributed by atoms with Gasteiger partial charge in [0.2, 0.25) is 0 Å². The van der Waals surface area contributed by atoms with Crippen molar-refractivity contribution in [3.8, 4) is 0 Å². The van der Waals surface area contributed by atoms with Gasteiger partial charge in [0.05, 0.1) is 0 Å². The summed E-state index contributed by atoms with van der Waals surface area (Å²) in [5.41, 5.74) is 0. The second kappa shape index (κ2) is 24.1. The Morgan fingerprint density at radius 3 is 1.50 bits per heavy atom. The van der Waals surface area contributed by atoms with Crippen molar-refractivity contribution in [2.24, 2.45) is 5.92 Å². The molecule has 1 N–H and O–H groups in total. The second-order valence-electron chi connectivity index (χ2n) is 4.01. The van der Waals surface area contributed by atoms with Crippen LogP contribution < -0.4 is 0 Å². The molecule has 0 aromatic rings. The quantitative estimate of drug-likeness (QED) is 0.700. The van der Waals surface area contributed by atoms with E-state index in [9.17, 15) is 0 Å². The van der Waals surface area contributed by atoms with Crippen LogP contribution >= 0.6 is 0 Å². The van der Waals surface area contributed by atoms with Gasteiger partial charge in [0, 0.05) is 6.61 Å². The fourth-order valence-electron chi connectivity index (χ4n) is 1.44. The molecule has 0 aliphatic heterocycles. The molecule has 1 rings (SSSR count). The van der Waals surface area contributed by atoms with Gasteiger partial charge < -0.3 is 15.7 Å². The van der Waals surface area contributed by atoms with E-state index in [2.05, 4.69) is 34.9 Å². The first-order valence-electron chi connectivity index (χ1n) is 7.48. The van der Waals surface area contributed by atoms with E-state index in [0.29, 0.717) is 12.5 Å². The fraction of sp³-hybridized carbons (Fsp3) is 0.750. The number of aliphatic hydroxyl groups excluding tert-OH is 1. The van der Waals surface area contributed by atoms with E-state index in [1.54, 1.807) is 0 Å². The van der Waals surface area contributed by atoms with E-state index in [0.717, 1.165) is 39.0 Å². The Labute approximate surface area is 141 Å². The van der Waals surface area contributed by atoms with E-state index in [4.69, 9.17) is 5.11 Å². The van der Waals surface area contributed by atoms with Crippen LogP contribution in [0.25, 0.3) is 10.6 Å². The molecule has 0 fully saturated rings. The molecule has 116 valence electrons. The SMILES string of the molecule is CC[N-]CC.CC[N-]CC.OCCCC1C=CC=C1.[Ti+2]. The van der Waals surface area contributed by atoms with E-state index in [-0.39, 0.29) is 21.7 Å². The van der Waals surface area contributed by atoms with Gasteiger partial charge in [0.1, 0.15) is 0 Å². The first-order chi connectivity index (χ1) is 9.26. The molecule has 0 saturated carbocycles. The maximum Gasteiger partial charge on any atom is 2.00 e. The Kier molecular flexibility index (Phi) is 30.2. The summed E-state index contributed by atoms with van der Waals surface area (Å²) in [6, 6.07) is 0. The average Bonchev–Trinajstić information content (AvgIpc) is 2.93. The molecule has 20 heavy (non-hydrogen) atoms. The van der Waals surface area contributed by atoms with Crippen molar-refractivity contribution in [2.75, 3.05) is 32.8 Å². The Bertz CT molecular complexity index is 187. The van der Waals surface area contributed by atoms with Crippen LogP contribution in [0.5, 0.6) is 0 Å². The number of nitrogens with zero attached hydrogens (tertiary/aromatic N) is 2. The van der Waals surface area contributed by atoms with E-state index in [1.165, 1.54) is 0 Å². The molecule has 1 aliphatic carbocycles. The van der Waals surface area contributed by atoms with Gasteiger partial charge in [0.25, 0.3) is 0 Å². The normalized spacial score (nSPS) is 12.1. The summed E-state index contributed by atoms with van der Waals surface area (Å²) >= 11 is 0. The van der Waals surface area contributed by atoms with Crippen molar-refractivity contribution in [1.29, 1.82) is 0 Å². The minimum Gasteiger partial charge on any atom is -0.663 e. The van der Waals surface area contributed by atoms with E-state index < -0.39 is 0 Å². The summed E-state index contributed by atoms with van der Waals surface area (Å²) < 4.78 is 0. The van der Waals surface area contributed by atoms with Gasteiger partial charge in [-0.25, -0.2) is 0 Å². The predicted molar refractivity (Wildman–Crippen MR) is 87.0 cm³/mol. The Hall–Kier alpha value is 0.0743. The molecule has 0 aromatic heterocycles. The first-order valence-corrected chi connectivity index (χ1v) is 7.48. The summed E-state index contributed by atoms with van der Waals surface area (Å²) in [7, 11) is 0. The third-order valence-electron chi connectivity index (χ3n) is 2.42. The van der Waals surface area contributed by atoms with Gasteiger partial charge in [-0.1, -0.05) is 52.0 Å². The van der Waals surface area contributed by atoms with E-state index in [1.807, 2.05) is 27.7 Å². The molecule has 0 unspecified atom stereocenters. The molecule has 0 aromatic carbocycles. The molecular formula is C16H32N2OTi. The van der Waals surface area contributed by atoms with E-state index >= 15 is 0 Å². The molecule has 0 saturated heterocycles. The molecule has 0 heterocycles. The maximum atomic E-state index is 8.48. The maximum absolute atomic E-state index is 8.48. The molecule has 0 spiro atoms. The number of aliphatic hydroxyl groups is 1. The number of hydrogen-bond donors (Lipinski definition) is 1. The minimum atomic E-state index is 0. The molecular weight excluding hydrogens is 284 g/mol. The van der Waals surface area contributed by atoms with Gasteiger partial charge in [-0.05, 0) is 18.8 Å².